The number of rotatable bonds is 2. The van der Waals surface area contributed by atoms with Gasteiger partial charge in [0.1, 0.15) is 13.2 Å². The molecule has 1 fully saturated rings. The summed E-state index contributed by atoms with van der Waals surface area (Å²) in [6, 6.07) is 2.26. The molecule has 12 heteroatoms. The number of methoxy groups -OCH3 is 1. The summed E-state index contributed by atoms with van der Waals surface area (Å²) in [6.45, 7) is 0.841. The minimum absolute atomic E-state index is 0.0412. The number of aliphatic hydroxyl groups excluding tert-OH is 1. The van der Waals surface area contributed by atoms with Gasteiger partial charge in [-0.3, -0.25) is 10.2 Å². The summed E-state index contributed by atoms with van der Waals surface area (Å²) in [6.07, 6.45) is 6.71. The molecule has 4 aliphatic rings. The number of carbonyl (C=O) groups is 1. The number of thioether (sulfide) groups is 1. The predicted octanol–water partition coefficient (Wildman–Crippen LogP) is 3.07. The Kier molecular flexibility index (Phi) is 6.23. The van der Waals surface area contributed by atoms with Crippen LogP contribution in [0.25, 0.3) is 11.3 Å². The molecule has 6 rings (SSSR count). The number of morpholine rings is 1. The molecule has 1 aromatic heterocycles. The molecule has 4 heterocycles. The predicted molar refractivity (Wildman–Crippen MR) is 135 cm³/mol. The maximum Gasteiger partial charge on any atom is 0.513 e. The number of fused-ring (bicyclic) bond motifs is 4. The van der Waals surface area contributed by atoms with E-state index < -0.39 is 35.1 Å². The van der Waals surface area contributed by atoms with Crippen molar-refractivity contribution < 1.29 is 37.5 Å². The van der Waals surface area contributed by atoms with E-state index in [2.05, 4.69) is 10.2 Å². The number of hydrogen-bond acceptors (Lipinski definition) is 7. The van der Waals surface area contributed by atoms with E-state index in [1.165, 1.54) is 22.5 Å². The minimum atomic E-state index is -1.14. The van der Waals surface area contributed by atoms with Crippen molar-refractivity contribution >= 4 is 23.8 Å². The van der Waals surface area contributed by atoms with Crippen molar-refractivity contribution in [2.75, 3.05) is 32.3 Å². The number of hydrogen-bond donors (Lipinski definition) is 2. The number of aromatic nitrogens is 1. The molecule has 0 radical (unpaired) electrons. The summed E-state index contributed by atoms with van der Waals surface area (Å²) >= 11 is 1.53. The van der Waals surface area contributed by atoms with Crippen LogP contribution < -0.4 is 15.6 Å². The van der Waals surface area contributed by atoms with E-state index in [0.717, 1.165) is 13.2 Å². The van der Waals surface area contributed by atoms with Crippen molar-refractivity contribution in [1.29, 1.82) is 0 Å². The summed E-state index contributed by atoms with van der Waals surface area (Å²) in [5, 5.41) is 11.4. The average Bonchev–Trinajstić information content (AvgIpc) is 3.12. The van der Waals surface area contributed by atoms with Gasteiger partial charge in [0.15, 0.2) is 18.2 Å². The van der Waals surface area contributed by atoms with Crippen molar-refractivity contribution in [2.24, 2.45) is 5.92 Å². The highest BCUT2D eigenvalue weighted by Crippen LogP contribution is 2.41. The number of allylic oxidation sites excluding steroid dienone is 3. The number of aliphatic hydroxyl groups is 1. The van der Waals surface area contributed by atoms with Crippen LogP contribution in [0.3, 0.4) is 0 Å². The van der Waals surface area contributed by atoms with E-state index in [-0.39, 0.29) is 46.4 Å². The second-order valence-electron chi connectivity index (χ2n) is 9.29. The number of halogens is 2. The molecule has 0 bridgehead atoms. The first kappa shape index (κ1) is 24.7. The summed E-state index contributed by atoms with van der Waals surface area (Å²) in [7, 11) is 1.09. The second kappa shape index (κ2) is 9.59. The van der Waals surface area contributed by atoms with Crippen LogP contribution in [0, 0.1) is 17.6 Å². The van der Waals surface area contributed by atoms with Crippen LogP contribution in [0.15, 0.2) is 41.2 Å². The van der Waals surface area contributed by atoms with E-state index in [1.54, 1.807) is 4.58 Å². The number of carbonyl (C=O) groups excluding carboxylic acids is 1. The standard InChI is InChI=1S/C26H23F2N3O6S/c1-35-26(34)37-24-19(32)10-18(31-23(24)25(33)30-6-7-36-11-21(30)29-31)15-9-17(27)22(28)16-12-38-20-5-3-2-4-13(20)8-14(15)16/h2-5,9-10,13,20-21,29H,6-8,11-12H2,1H3/p+1/t13?,20?,21-/m0/s1. The van der Waals surface area contributed by atoms with E-state index in [9.17, 15) is 14.7 Å². The third-order valence-corrected chi connectivity index (χ3v) is 8.52. The lowest BCUT2D eigenvalue weighted by Gasteiger charge is -2.31. The van der Waals surface area contributed by atoms with Crippen LogP contribution in [-0.2, 0) is 21.6 Å². The highest BCUT2D eigenvalue weighted by Gasteiger charge is 2.41. The van der Waals surface area contributed by atoms with Crippen LogP contribution >= 0.6 is 11.8 Å². The van der Waals surface area contributed by atoms with E-state index in [0.29, 0.717) is 30.7 Å². The maximum atomic E-state index is 15.1. The first-order valence-corrected chi connectivity index (χ1v) is 13.1. The molecule has 2 unspecified atom stereocenters. The summed E-state index contributed by atoms with van der Waals surface area (Å²) in [5.41, 5.74) is 3.62. The molecule has 9 nitrogen and oxygen atoms in total. The second-order valence-corrected chi connectivity index (χ2v) is 10.5. The van der Waals surface area contributed by atoms with Crippen LogP contribution in [0.2, 0.25) is 0 Å². The van der Waals surface area contributed by atoms with Crippen LogP contribution in [0.4, 0.5) is 13.6 Å². The van der Waals surface area contributed by atoms with E-state index >= 15 is 8.78 Å². The summed E-state index contributed by atoms with van der Waals surface area (Å²) < 4.78 is 48.4. The molecule has 1 aromatic carbocycles. The Hall–Kier alpha value is -3.64. The third kappa shape index (κ3) is 3.99. The lowest BCUT2D eigenvalue weighted by Crippen LogP contribution is -2.54. The zero-order chi connectivity index (χ0) is 26.6. The molecule has 1 saturated heterocycles. The van der Waals surface area contributed by atoms with Gasteiger partial charge in [0, 0.05) is 28.2 Å². The first-order chi connectivity index (χ1) is 18.4. The van der Waals surface area contributed by atoms with Crippen LogP contribution in [0.1, 0.15) is 16.8 Å². The van der Waals surface area contributed by atoms with Gasteiger partial charge in [0.2, 0.25) is 16.9 Å². The lowest BCUT2D eigenvalue weighted by molar-refractivity contribution is -0.591. The SMILES string of the molecule is COC(=O)Oc1c2n(c(-c3cc(F)c(F)c4c3CC3C=CC=CC3SC4)cc1=O)N[C@@H]1COCC[N+]1=C2O. The van der Waals surface area contributed by atoms with Gasteiger partial charge in [-0.1, -0.05) is 24.3 Å². The zero-order valence-electron chi connectivity index (χ0n) is 20.3. The lowest BCUT2D eigenvalue weighted by atomic mass is 9.87. The van der Waals surface area contributed by atoms with Gasteiger partial charge in [-0.2, -0.15) is 4.58 Å². The van der Waals surface area contributed by atoms with Crippen LogP contribution in [0.5, 0.6) is 5.75 Å². The molecule has 38 heavy (non-hydrogen) atoms. The Balaban J connectivity index is 1.60. The molecular formula is C26H24F2N3O6S+. The van der Waals surface area contributed by atoms with E-state index in [4.69, 9.17) is 9.47 Å². The topological polar surface area (TPSA) is 102 Å². The molecule has 198 valence electrons. The smallest absolute Gasteiger partial charge is 0.458 e. The van der Waals surface area contributed by atoms with Gasteiger partial charge in [0.25, 0.3) is 6.17 Å². The molecule has 1 aliphatic carbocycles. The Bertz CT molecular complexity index is 1500. The monoisotopic (exact) mass is 544 g/mol. The van der Waals surface area contributed by atoms with Crippen molar-refractivity contribution in [1.82, 2.24) is 4.68 Å². The van der Waals surface area contributed by atoms with Crippen molar-refractivity contribution in [3.05, 3.63) is 75.1 Å². The fourth-order valence-corrected chi connectivity index (χ4v) is 6.64. The van der Waals surface area contributed by atoms with Crippen molar-refractivity contribution in [2.45, 2.75) is 23.6 Å². The van der Waals surface area contributed by atoms with Gasteiger partial charge in [0.05, 0.1) is 12.8 Å². The van der Waals surface area contributed by atoms with Gasteiger partial charge in [-0.25, -0.2) is 18.3 Å². The largest absolute Gasteiger partial charge is 0.513 e. The molecule has 2 N–H and O–H groups in total. The fraction of sp³-hybridized carbons (Fsp3) is 0.346. The first-order valence-electron chi connectivity index (χ1n) is 12.1. The Morgan fingerprint density at radius 2 is 2.08 bits per heavy atom. The Morgan fingerprint density at radius 3 is 2.89 bits per heavy atom. The number of nitrogens with one attached hydrogen (secondary N) is 1. The Labute approximate surface area is 220 Å². The van der Waals surface area contributed by atoms with Crippen molar-refractivity contribution in [3.8, 4) is 17.0 Å². The van der Waals surface area contributed by atoms with Gasteiger partial charge < -0.3 is 19.3 Å². The third-order valence-electron chi connectivity index (χ3n) is 7.18. The number of nitrogens with zero attached hydrogens (tertiary/aromatic N) is 2. The minimum Gasteiger partial charge on any atom is -0.458 e. The molecule has 0 spiro atoms. The van der Waals surface area contributed by atoms with Gasteiger partial charge in [-0.15, -0.1) is 11.8 Å². The molecule has 0 saturated carbocycles. The summed E-state index contributed by atoms with van der Waals surface area (Å²) in [5.74, 6) is -2.44. The highest BCUT2D eigenvalue weighted by atomic mass is 32.2. The van der Waals surface area contributed by atoms with Gasteiger partial charge in [-0.05, 0) is 24.0 Å². The van der Waals surface area contributed by atoms with E-state index in [1.807, 2.05) is 24.3 Å². The number of benzene rings is 1. The Morgan fingerprint density at radius 1 is 1.26 bits per heavy atom. The molecular weight excluding hydrogens is 520 g/mol. The van der Waals surface area contributed by atoms with Gasteiger partial charge >= 0.3 is 12.1 Å². The molecule has 0 amide bonds. The average molecular weight is 545 g/mol. The van der Waals surface area contributed by atoms with Crippen molar-refractivity contribution in [3.63, 3.8) is 0 Å². The van der Waals surface area contributed by atoms with Crippen LogP contribution in [-0.4, -0.2) is 64.7 Å². The highest BCUT2D eigenvalue weighted by molar-refractivity contribution is 7.99. The normalized spacial score (nSPS) is 23.4. The number of ether oxygens (including phenoxy) is 3. The number of pyridine rings is 1. The fourth-order valence-electron chi connectivity index (χ4n) is 5.34. The molecule has 2 aromatic rings. The molecule has 3 aliphatic heterocycles. The molecule has 3 atom stereocenters. The summed E-state index contributed by atoms with van der Waals surface area (Å²) in [4.78, 5) is 25.3. The zero-order valence-corrected chi connectivity index (χ0v) is 21.1. The quantitative estimate of drug-likeness (QED) is 0.440. The maximum absolute atomic E-state index is 15.1.